The van der Waals surface area contributed by atoms with Crippen LogP contribution in [-0.4, -0.2) is 53.9 Å². The maximum absolute atomic E-state index is 12.2. The second-order valence-corrected chi connectivity index (χ2v) is 7.47. The Morgan fingerprint density at radius 2 is 1.81 bits per heavy atom. The molecular weight excluding hydrogens is 334 g/mol. The molecule has 0 unspecified atom stereocenters. The van der Waals surface area contributed by atoms with Crippen molar-refractivity contribution in [2.75, 3.05) is 20.1 Å². The fraction of sp³-hybridized carbons (Fsp3) is 0.579. The van der Waals surface area contributed by atoms with E-state index in [9.17, 15) is 9.59 Å². The lowest BCUT2D eigenvalue weighted by atomic mass is 10.1. The lowest BCUT2D eigenvalue weighted by Crippen LogP contribution is -2.52. The van der Waals surface area contributed by atoms with Crippen LogP contribution in [0.3, 0.4) is 0 Å². The third-order valence-corrected chi connectivity index (χ3v) is 4.00. The quantitative estimate of drug-likeness (QED) is 0.832. The van der Waals surface area contributed by atoms with Crippen molar-refractivity contribution in [2.45, 2.75) is 51.9 Å². The summed E-state index contributed by atoms with van der Waals surface area (Å²) in [5.41, 5.74) is 3.58. The van der Waals surface area contributed by atoms with Gasteiger partial charge < -0.3 is 14.4 Å². The number of hydrogen-bond donors (Lipinski definition) is 1. The molecule has 0 saturated carbocycles. The molecule has 2 amide bonds. The number of hydrogen-bond acceptors (Lipinski definition) is 5. The molecule has 1 aromatic rings. The normalized spacial score (nSPS) is 15.5. The number of ether oxygens (including phenoxy) is 2. The minimum Gasteiger partial charge on any atom is -0.445 e. The zero-order valence-corrected chi connectivity index (χ0v) is 16.0. The Labute approximate surface area is 155 Å². The molecule has 144 valence electrons. The van der Waals surface area contributed by atoms with Gasteiger partial charge in [-0.3, -0.25) is 0 Å². The van der Waals surface area contributed by atoms with E-state index in [0.29, 0.717) is 13.1 Å². The monoisotopic (exact) mass is 363 g/mol. The molecule has 0 atom stereocenters. The summed E-state index contributed by atoms with van der Waals surface area (Å²) in [4.78, 5) is 25.8. The van der Waals surface area contributed by atoms with Gasteiger partial charge in [0.15, 0.2) is 0 Å². The zero-order chi connectivity index (χ0) is 19.2. The standard InChI is InChI=1S/C19H29N3O4/c1-19(2,3)26-17(23)21(4)20-16-10-12-22(13-11-16)18(24)25-14-15-8-6-5-7-9-15/h5-9,16,20H,10-14H2,1-4H3. The van der Waals surface area contributed by atoms with E-state index in [4.69, 9.17) is 9.47 Å². The predicted octanol–water partition coefficient (Wildman–Crippen LogP) is 3.16. The van der Waals surface area contributed by atoms with Crippen LogP contribution in [0.1, 0.15) is 39.2 Å². The molecule has 1 aliphatic rings. The highest BCUT2D eigenvalue weighted by molar-refractivity contribution is 5.68. The number of nitrogens with one attached hydrogen (secondary N) is 1. The summed E-state index contributed by atoms with van der Waals surface area (Å²) in [5, 5.41) is 1.37. The SMILES string of the molecule is CN(NC1CCN(C(=O)OCc2ccccc2)CC1)C(=O)OC(C)(C)C. The molecule has 0 aliphatic carbocycles. The Kier molecular flexibility index (Phi) is 6.85. The van der Waals surface area contributed by atoms with E-state index >= 15 is 0 Å². The van der Waals surface area contributed by atoms with E-state index in [1.54, 1.807) is 11.9 Å². The number of hydrazine groups is 1. The number of rotatable bonds is 4. The summed E-state index contributed by atoms with van der Waals surface area (Å²) >= 11 is 0. The molecule has 0 aromatic heterocycles. The molecule has 1 N–H and O–H groups in total. The van der Waals surface area contributed by atoms with Gasteiger partial charge in [-0.1, -0.05) is 30.3 Å². The lowest BCUT2D eigenvalue weighted by Gasteiger charge is -2.34. The Hall–Kier alpha value is -2.28. The van der Waals surface area contributed by atoms with Crippen LogP contribution >= 0.6 is 0 Å². The molecule has 7 heteroatoms. The lowest BCUT2D eigenvalue weighted by molar-refractivity contribution is 0.0130. The predicted molar refractivity (Wildman–Crippen MR) is 98.4 cm³/mol. The summed E-state index contributed by atoms with van der Waals surface area (Å²) in [7, 11) is 1.65. The molecule has 1 fully saturated rings. The number of piperidine rings is 1. The summed E-state index contributed by atoms with van der Waals surface area (Å²) < 4.78 is 10.7. The molecule has 26 heavy (non-hydrogen) atoms. The molecule has 0 spiro atoms. The average Bonchev–Trinajstić information content (AvgIpc) is 2.59. The van der Waals surface area contributed by atoms with Crippen LogP contribution in [0.15, 0.2) is 30.3 Å². The molecule has 0 bridgehead atoms. The number of carbonyl (C=O) groups excluding carboxylic acids is 2. The highest BCUT2D eigenvalue weighted by Gasteiger charge is 2.26. The van der Waals surface area contributed by atoms with E-state index < -0.39 is 11.7 Å². The molecule has 1 heterocycles. The molecule has 7 nitrogen and oxygen atoms in total. The summed E-state index contributed by atoms with van der Waals surface area (Å²) in [6, 6.07) is 9.73. The molecule has 1 aliphatic heterocycles. The smallest absolute Gasteiger partial charge is 0.424 e. The minimum atomic E-state index is -0.529. The van der Waals surface area contributed by atoms with Gasteiger partial charge in [0, 0.05) is 26.2 Å². The number of benzene rings is 1. The van der Waals surface area contributed by atoms with Crippen molar-refractivity contribution in [1.29, 1.82) is 0 Å². The third kappa shape index (κ3) is 6.55. The molecule has 2 rings (SSSR count). The molecular formula is C19H29N3O4. The van der Waals surface area contributed by atoms with Crippen molar-refractivity contribution in [1.82, 2.24) is 15.3 Å². The van der Waals surface area contributed by atoms with E-state index in [-0.39, 0.29) is 18.7 Å². The van der Waals surface area contributed by atoms with Gasteiger partial charge in [-0.2, -0.15) is 0 Å². The first-order valence-electron chi connectivity index (χ1n) is 8.93. The number of amides is 2. The van der Waals surface area contributed by atoms with Gasteiger partial charge in [0.2, 0.25) is 0 Å². The van der Waals surface area contributed by atoms with Crippen molar-refractivity contribution < 1.29 is 19.1 Å². The van der Waals surface area contributed by atoms with Crippen LogP contribution < -0.4 is 5.43 Å². The van der Waals surface area contributed by atoms with Crippen molar-refractivity contribution >= 4 is 12.2 Å². The van der Waals surface area contributed by atoms with Crippen LogP contribution in [0, 0.1) is 0 Å². The number of carbonyl (C=O) groups is 2. The van der Waals surface area contributed by atoms with E-state index in [0.717, 1.165) is 18.4 Å². The highest BCUT2D eigenvalue weighted by Crippen LogP contribution is 2.14. The Morgan fingerprint density at radius 1 is 1.19 bits per heavy atom. The second kappa shape index (κ2) is 8.89. The van der Waals surface area contributed by atoms with E-state index in [2.05, 4.69) is 5.43 Å². The molecule has 1 aromatic carbocycles. The molecule has 1 saturated heterocycles. The Balaban J connectivity index is 1.71. The summed E-state index contributed by atoms with van der Waals surface area (Å²) in [5.74, 6) is 0. The van der Waals surface area contributed by atoms with Crippen LogP contribution in [0.4, 0.5) is 9.59 Å². The van der Waals surface area contributed by atoms with Crippen LogP contribution in [0.5, 0.6) is 0 Å². The topological polar surface area (TPSA) is 71.1 Å². The van der Waals surface area contributed by atoms with E-state index in [1.165, 1.54) is 5.01 Å². The van der Waals surface area contributed by atoms with Crippen molar-refractivity contribution in [3.8, 4) is 0 Å². The summed E-state index contributed by atoms with van der Waals surface area (Å²) in [6.07, 6.45) is 0.774. The van der Waals surface area contributed by atoms with Crippen molar-refractivity contribution in [3.05, 3.63) is 35.9 Å². The maximum atomic E-state index is 12.2. The van der Waals surface area contributed by atoms with Crippen molar-refractivity contribution in [3.63, 3.8) is 0 Å². The minimum absolute atomic E-state index is 0.116. The maximum Gasteiger partial charge on any atom is 0.424 e. The van der Waals surface area contributed by atoms with Crippen LogP contribution in [0.2, 0.25) is 0 Å². The average molecular weight is 363 g/mol. The largest absolute Gasteiger partial charge is 0.445 e. The first-order valence-corrected chi connectivity index (χ1v) is 8.93. The van der Waals surface area contributed by atoms with Crippen LogP contribution in [-0.2, 0) is 16.1 Å². The third-order valence-electron chi connectivity index (χ3n) is 4.00. The van der Waals surface area contributed by atoms with Gasteiger partial charge in [0.25, 0.3) is 0 Å². The number of likely N-dealkylation sites (tertiary alicyclic amines) is 1. The van der Waals surface area contributed by atoms with Gasteiger partial charge in [-0.25, -0.2) is 20.0 Å². The van der Waals surface area contributed by atoms with Crippen molar-refractivity contribution in [2.24, 2.45) is 0 Å². The van der Waals surface area contributed by atoms with E-state index in [1.807, 2.05) is 51.1 Å². The van der Waals surface area contributed by atoms with Crippen LogP contribution in [0.25, 0.3) is 0 Å². The van der Waals surface area contributed by atoms with Gasteiger partial charge in [0.1, 0.15) is 12.2 Å². The number of nitrogens with zero attached hydrogens (tertiary/aromatic N) is 2. The second-order valence-electron chi connectivity index (χ2n) is 7.47. The van der Waals surface area contributed by atoms with Gasteiger partial charge in [-0.15, -0.1) is 0 Å². The fourth-order valence-electron chi connectivity index (χ4n) is 2.66. The van der Waals surface area contributed by atoms with Gasteiger partial charge in [-0.05, 0) is 39.2 Å². The summed E-state index contributed by atoms with van der Waals surface area (Å²) in [6.45, 7) is 6.95. The van der Waals surface area contributed by atoms with Gasteiger partial charge in [0.05, 0.1) is 0 Å². The highest BCUT2D eigenvalue weighted by atomic mass is 16.6. The Morgan fingerprint density at radius 3 is 2.38 bits per heavy atom. The first kappa shape index (κ1) is 20.0. The van der Waals surface area contributed by atoms with Gasteiger partial charge >= 0.3 is 12.2 Å². The zero-order valence-electron chi connectivity index (χ0n) is 16.0. The fourth-order valence-corrected chi connectivity index (χ4v) is 2.66. The molecule has 0 radical (unpaired) electrons. The first-order chi connectivity index (χ1) is 12.2. The Bertz CT molecular complexity index is 593.